The second-order valence-electron chi connectivity index (χ2n) is 0. The number of rotatable bonds is 0. The van der Waals surface area contributed by atoms with E-state index in [2.05, 4.69) is 0 Å². The summed E-state index contributed by atoms with van der Waals surface area (Å²) >= 11 is 0. The summed E-state index contributed by atoms with van der Waals surface area (Å²) in [6, 6.07) is 0. The van der Waals surface area contributed by atoms with Crippen LogP contribution in [0.25, 0.3) is 0 Å². The second kappa shape index (κ2) is 46.4. The van der Waals surface area contributed by atoms with Crippen molar-refractivity contribution < 1.29 is 16.4 Å². The van der Waals surface area contributed by atoms with Gasteiger partial charge in [0.05, 0.1) is 0 Å². The van der Waals surface area contributed by atoms with Crippen molar-refractivity contribution in [3.05, 3.63) is 0 Å². The third kappa shape index (κ3) is 14.1. The molecule has 0 aliphatic rings. The molecule has 24 valence electrons. The van der Waals surface area contributed by atoms with Crippen LogP contribution in [-0.2, 0) is 0 Å². The average molecular weight is 258 g/mol. The minimum Gasteiger partial charge on any atom is -0.412 e. The van der Waals surface area contributed by atoms with Gasteiger partial charge in [0.15, 0.2) is 0 Å². The summed E-state index contributed by atoms with van der Waals surface area (Å²) in [6.07, 6.45) is 0. The van der Waals surface area contributed by atoms with Crippen LogP contribution in [0.5, 0.6) is 0 Å². The Labute approximate surface area is 44.1 Å². The normalized spacial score (nSPS) is 0. The third-order valence-corrected chi connectivity index (χ3v) is 0. The van der Waals surface area contributed by atoms with Gasteiger partial charge < -0.3 is 16.4 Å². The van der Waals surface area contributed by atoms with Crippen LogP contribution in [0, 0.1) is 0 Å². The van der Waals surface area contributed by atoms with Crippen LogP contribution in [0.1, 0.15) is 0 Å². The van der Waals surface area contributed by atoms with Gasteiger partial charge in [-0.05, 0) is 0 Å². The van der Waals surface area contributed by atoms with E-state index >= 15 is 0 Å². The first-order valence-electron chi connectivity index (χ1n) is 0. The van der Waals surface area contributed by atoms with Gasteiger partial charge in [0.25, 0.3) is 0 Å². The Kier molecular flexibility index (Phi) is 1250. The number of hydrogen-bond acceptors (Lipinski definition) is 0. The maximum Gasteiger partial charge on any atom is 3.00 e. The van der Waals surface area contributed by atoms with E-state index in [0.29, 0.717) is 0 Å². The van der Waals surface area contributed by atoms with Crippen LogP contribution in [-0.4, -0.2) is 43.7 Å². The SMILES string of the molecule is O.O.O.[Tl+3]. The molecule has 0 radical (unpaired) electrons. The van der Waals surface area contributed by atoms with Crippen molar-refractivity contribution in [2.45, 2.75) is 0 Å². The quantitative estimate of drug-likeness (QED) is 0.418. The summed E-state index contributed by atoms with van der Waals surface area (Å²) in [5.41, 5.74) is 0. The van der Waals surface area contributed by atoms with Crippen molar-refractivity contribution in [1.29, 1.82) is 0 Å². The Morgan fingerprint density at radius 2 is 0.500 bits per heavy atom. The van der Waals surface area contributed by atoms with Crippen LogP contribution < -0.4 is 0 Å². The predicted molar refractivity (Wildman–Crippen MR) is 16.6 cm³/mol. The molecule has 0 aromatic rings. The van der Waals surface area contributed by atoms with E-state index < -0.39 is 0 Å². The van der Waals surface area contributed by atoms with Gasteiger partial charge in [-0.3, -0.25) is 0 Å². The maximum atomic E-state index is 0. The zero-order valence-corrected chi connectivity index (χ0v) is 6.57. The molecule has 6 N–H and O–H groups in total. The van der Waals surface area contributed by atoms with Crippen LogP contribution in [0.4, 0.5) is 0 Å². The van der Waals surface area contributed by atoms with Crippen molar-refractivity contribution in [3.8, 4) is 0 Å². The van der Waals surface area contributed by atoms with Gasteiger partial charge in [-0.1, -0.05) is 0 Å². The van der Waals surface area contributed by atoms with E-state index in [1.54, 1.807) is 0 Å². The standard InChI is InChI=1S/3H2O.Tl/h3*1H2;/q;;;+3. The first-order valence-corrected chi connectivity index (χ1v) is 0. The minimum atomic E-state index is 0. The van der Waals surface area contributed by atoms with E-state index in [9.17, 15) is 0 Å². The molecule has 4 heteroatoms. The fourth-order valence-electron chi connectivity index (χ4n) is 0. The largest absolute Gasteiger partial charge is 3.00 e. The zero-order valence-electron chi connectivity index (χ0n) is 2.08. The van der Waals surface area contributed by atoms with Crippen LogP contribution >= 0.6 is 0 Å². The smallest absolute Gasteiger partial charge is 0.412 e. The summed E-state index contributed by atoms with van der Waals surface area (Å²) in [7, 11) is 0. The van der Waals surface area contributed by atoms with Crippen molar-refractivity contribution in [2.24, 2.45) is 0 Å². The Hall–Kier alpha value is 0.802. The van der Waals surface area contributed by atoms with Gasteiger partial charge >= 0.3 is 27.3 Å². The van der Waals surface area contributed by atoms with Gasteiger partial charge in [0.2, 0.25) is 0 Å². The van der Waals surface area contributed by atoms with Gasteiger partial charge in [0.1, 0.15) is 0 Å². The molecule has 3 nitrogen and oxygen atoms in total. The Morgan fingerprint density at radius 1 is 0.500 bits per heavy atom. The van der Waals surface area contributed by atoms with E-state index in [-0.39, 0.29) is 43.7 Å². The molecule has 0 aromatic heterocycles. The molecule has 0 fully saturated rings. The predicted octanol–water partition coefficient (Wildman–Crippen LogP) is -2.85. The van der Waals surface area contributed by atoms with Crippen molar-refractivity contribution in [2.75, 3.05) is 0 Å². The summed E-state index contributed by atoms with van der Waals surface area (Å²) in [6.45, 7) is 0. The van der Waals surface area contributed by atoms with Crippen molar-refractivity contribution in [1.82, 2.24) is 0 Å². The number of hydrogen-bond donors (Lipinski definition) is 0. The second-order valence-corrected chi connectivity index (χ2v) is 0. The molecule has 0 heterocycles. The fourth-order valence-corrected chi connectivity index (χ4v) is 0. The van der Waals surface area contributed by atoms with Gasteiger partial charge in [-0.15, -0.1) is 0 Å². The van der Waals surface area contributed by atoms with Crippen LogP contribution in [0.2, 0.25) is 0 Å². The van der Waals surface area contributed by atoms with Crippen LogP contribution in [0.15, 0.2) is 0 Å². The fraction of sp³-hybridized carbons (Fsp3) is 0. The van der Waals surface area contributed by atoms with E-state index in [0.717, 1.165) is 0 Å². The molecular weight excluding hydrogens is 252 g/mol. The molecule has 0 spiro atoms. The summed E-state index contributed by atoms with van der Waals surface area (Å²) in [5, 5.41) is 0. The molecule has 0 atom stereocenters. The van der Waals surface area contributed by atoms with Gasteiger partial charge in [-0.25, -0.2) is 0 Å². The Morgan fingerprint density at radius 3 is 0.500 bits per heavy atom. The van der Waals surface area contributed by atoms with Gasteiger partial charge in [0, 0.05) is 0 Å². The molecule has 0 saturated carbocycles. The molecule has 0 amide bonds. The van der Waals surface area contributed by atoms with Crippen molar-refractivity contribution in [3.63, 3.8) is 0 Å². The minimum absolute atomic E-state index is 0. The molecule has 0 aliphatic carbocycles. The Bertz CT molecular complexity index is 3.25. The van der Waals surface area contributed by atoms with E-state index in [4.69, 9.17) is 0 Å². The molecular formula is H6O3Tl+3. The molecule has 4 heavy (non-hydrogen) atoms. The Balaban J connectivity index is 0. The summed E-state index contributed by atoms with van der Waals surface area (Å²) in [4.78, 5) is 0. The first kappa shape index (κ1) is 108. The zero-order chi connectivity index (χ0) is 0. The molecule has 0 aromatic carbocycles. The molecule has 0 bridgehead atoms. The van der Waals surface area contributed by atoms with E-state index in [1.807, 2.05) is 0 Å². The first-order chi connectivity index (χ1) is 0. The molecule has 0 saturated heterocycles. The molecule has 0 unspecified atom stereocenters. The topological polar surface area (TPSA) is 94.5 Å². The maximum absolute atomic E-state index is 0. The van der Waals surface area contributed by atoms with Gasteiger partial charge in [-0.2, -0.15) is 0 Å². The summed E-state index contributed by atoms with van der Waals surface area (Å²) in [5.74, 6) is 0. The molecule has 0 aliphatic heterocycles. The van der Waals surface area contributed by atoms with E-state index in [1.165, 1.54) is 0 Å². The average Bonchev–Trinajstić information content (AvgIpc) is 0. The van der Waals surface area contributed by atoms with Crippen LogP contribution in [0.3, 0.4) is 0 Å². The third-order valence-electron chi connectivity index (χ3n) is 0. The molecule has 0 rings (SSSR count). The van der Waals surface area contributed by atoms with Crippen molar-refractivity contribution >= 4 is 27.3 Å². The summed E-state index contributed by atoms with van der Waals surface area (Å²) < 4.78 is 0. The monoisotopic (exact) mass is 259 g/mol.